The summed E-state index contributed by atoms with van der Waals surface area (Å²) in [6, 6.07) is 0. The summed E-state index contributed by atoms with van der Waals surface area (Å²) in [5, 5.41) is 2.84. The van der Waals surface area contributed by atoms with Gasteiger partial charge in [0, 0.05) is 12.4 Å². The number of hydrogen-bond donors (Lipinski definition) is 3. The topological polar surface area (TPSA) is 83.8 Å². The zero-order valence-electron chi connectivity index (χ0n) is 9.33. The Bertz CT molecular complexity index is 341. The van der Waals surface area contributed by atoms with Gasteiger partial charge in [0.25, 0.3) is 0 Å². The van der Waals surface area contributed by atoms with Crippen LogP contribution in [0.1, 0.15) is 37.9 Å². The smallest absolute Gasteiger partial charge is 0.240 e. The SMILES string of the molecule is NC1(C(=O)NCc2ncc[nH]2)CCCCC1. The molecule has 0 aliphatic heterocycles. The minimum Gasteiger partial charge on any atom is -0.347 e. The molecule has 0 aromatic carbocycles. The number of nitrogens with one attached hydrogen (secondary N) is 2. The van der Waals surface area contributed by atoms with Gasteiger partial charge in [0.1, 0.15) is 5.82 Å². The molecule has 4 N–H and O–H groups in total. The van der Waals surface area contributed by atoms with E-state index in [1.807, 2.05) is 0 Å². The fraction of sp³-hybridized carbons (Fsp3) is 0.636. The summed E-state index contributed by atoms with van der Waals surface area (Å²) in [5.41, 5.74) is 5.44. The quantitative estimate of drug-likeness (QED) is 0.703. The number of aromatic amines is 1. The molecule has 0 radical (unpaired) electrons. The summed E-state index contributed by atoms with van der Waals surface area (Å²) in [7, 11) is 0. The molecular weight excluding hydrogens is 204 g/mol. The Hall–Kier alpha value is -1.36. The molecule has 0 bridgehead atoms. The number of nitrogens with zero attached hydrogens (tertiary/aromatic N) is 1. The van der Waals surface area contributed by atoms with Crippen LogP contribution < -0.4 is 11.1 Å². The van der Waals surface area contributed by atoms with Gasteiger partial charge in [0.15, 0.2) is 0 Å². The number of imidazole rings is 1. The molecule has 0 unspecified atom stereocenters. The first-order valence-corrected chi connectivity index (χ1v) is 5.76. The fourth-order valence-corrected chi connectivity index (χ4v) is 2.14. The lowest BCUT2D eigenvalue weighted by Crippen LogP contribution is -2.54. The molecule has 1 aromatic rings. The van der Waals surface area contributed by atoms with Gasteiger partial charge in [-0.05, 0) is 12.8 Å². The zero-order valence-corrected chi connectivity index (χ0v) is 9.33. The van der Waals surface area contributed by atoms with E-state index in [-0.39, 0.29) is 5.91 Å². The van der Waals surface area contributed by atoms with E-state index in [0.29, 0.717) is 6.54 Å². The first kappa shape index (κ1) is 11.1. The highest BCUT2D eigenvalue weighted by atomic mass is 16.2. The summed E-state index contributed by atoms with van der Waals surface area (Å²) in [6.45, 7) is 0.421. The lowest BCUT2D eigenvalue weighted by atomic mass is 9.82. The van der Waals surface area contributed by atoms with Crippen molar-refractivity contribution >= 4 is 5.91 Å². The van der Waals surface area contributed by atoms with Gasteiger partial charge in [-0.1, -0.05) is 19.3 Å². The van der Waals surface area contributed by atoms with E-state index in [4.69, 9.17) is 5.73 Å². The van der Waals surface area contributed by atoms with Crippen LogP contribution in [0.3, 0.4) is 0 Å². The van der Waals surface area contributed by atoms with Crippen LogP contribution in [0, 0.1) is 0 Å². The minimum atomic E-state index is -0.662. The lowest BCUT2D eigenvalue weighted by Gasteiger charge is -2.31. The van der Waals surface area contributed by atoms with Crippen LogP contribution in [0.15, 0.2) is 12.4 Å². The summed E-state index contributed by atoms with van der Waals surface area (Å²) < 4.78 is 0. The zero-order chi connectivity index (χ0) is 11.4. The van der Waals surface area contributed by atoms with Crippen LogP contribution in [0.25, 0.3) is 0 Å². The lowest BCUT2D eigenvalue weighted by molar-refractivity contribution is -0.127. The van der Waals surface area contributed by atoms with E-state index in [9.17, 15) is 4.79 Å². The number of rotatable bonds is 3. The maximum absolute atomic E-state index is 11.9. The first-order chi connectivity index (χ1) is 7.71. The van der Waals surface area contributed by atoms with Gasteiger partial charge in [-0.25, -0.2) is 4.98 Å². The third kappa shape index (κ3) is 2.41. The predicted octanol–water partition coefficient (Wildman–Crippen LogP) is 0.687. The normalized spacial score (nSPS) is 19.3. The Kier molecular flexibility index (Phi) is 3.24. The average molecular weight is 222 g/mol. The molecule has 0 atom stereocenters. The largest absolute Gasteiger partial charge is 0.347 e. The first-order valence-electron chi connectivity index (χ1n) is 5.76. The molecule has 1 aliphatic carbocycles. The van der Waals surface area contributed by atoms with Gasteiger partial charge < -0.3 is 16.0 Å². The van der Waals surface area contributed by atoms with Gasteiger partial charge in [0.05, 0.1) is 12.1 Å². The van der Waals surface area contributed by atoms with Crippen LogP contribution in [0.5, 0.6) is 0 Å². The Balaban J connectivity index is 1.87. The van der Waals surface area contributed by atoms with E-state index in [0.717, 1.165) is 31.5 Å². The van der Waals surface area contributed by atoms with Crippen molar-refractivity contribution in [1.29, 1.82) is 0 Å². The molecule has 1 saturated carbocycles. The van der Waals surface area contributed by atoms with Gasteiger partial charge in [-0.3, -0.25) is 4.79 Å². The predicted molar refractivity (Wildman–Crippen MR) is 60.4 cm³/mol. The number of nitrogens with two attached hydrogens (primary N) is 1. The van der Waals surface area contributed by atoms with E-state index in [1.54, 1.807) is 12.4 Å². The standard InChI is InChI=1S/C11H18N4O/c12-11(4-2-1-3-5-11)10(16)15-8-9-13-6-7-14-9/h6-7H,1-5,8,12H2,(H,13,14)(H,15,16). The summed E-state index contributed by atoms with van der Waals surface area (Å²) in [4.78, 5) is 18.9. The average Bonchev–Trinajstić information content (AvgIpc) is 2.79. The highest BCUT2D eigenvalue weighted by Crippen LogP contribution is 2.25. The number of carbonyl (C=O) groups is 1. The van der Waals surface area contributed by atoms with E-state index in [1.165, 1.54) is 6.42 Å². The molecule has 5 nitrogen and oxygen atoms in total. The summed E-state index contributed by atoms with van der Waals surface area (Å²) >= 11 is 0. The second-order valence-corrected chi connectivity index (χ2v) is 4.44. The van der Waals surface area contributed by atoms with Crippen LogP contribution in [-0.4, -0.2) is 21.4 Å². The third-order valence-corrected chi connectivity index (χ3v) is 3.17. The highest BCUT2D eigenvalue weighted by molar-refractivity contribution is 5.86. The Labute approximate surface area is 94.8 Å². The monoisotopic (exact) mass is 222 g/mol. The third-order valence-electron chi connectivity index (χ3n) is 3.17. The van der Waals surface area contributed by atoms with Crippen LogP contribution in [0.2, 0.25) is 0 Å². The van der Waals surface area contributed by atoms with Crippen molar-refractivity contribution in [2.75, 3.05) is 0 Å². The van der Waals surface area contributed by atoms with Gasteiger partial charge in [0.2, 0.25) is 5.91 Å². The van der Waals surface area contributed by atoms with Crippen molar-refractivity contribution in [2.45, 2.75) is 44.2 Å². The molecule has 2 rings (SSSR count). The number of hydrogen-bond acceptors (Lipinski definition) is 3. The van der Waals surface area contributed by atoms with Gasteiger partial charge in [-0.15, -0.1) is 0 Å². The second-order valence-electron chi connectivity index (χ2n) is 4.44. The molecule has 88 valence electrons. The van der Waals surface area contributed by atoms with E-state index < -0.39 is 5.54 Å². The Morgan fingerprint density at radius 3 is 2.88 bits per heavy atom. The summed E-state index contributed by atoms with van der Waals surface area (Å²) in [6.07, 6.45) is 8.26. The molecule has 1 amide bonds. The highest BCUT2D eigenvalue weighted by Gasteiger charge is 2.34. The fourth-order valence-electron chi connectivity index (χ4n) is 2.14. The van der Waals surface area contributed by atoms with Gasteiger partial charge in [-0.2, -0.15) is 0 Å². The van der Waals surface area contributed by atoms with Gasteiger partial charge >= 0.3 is 0 Å². The number of amides is 1. The molecule has 1 heterocycles. The summed E-state index contributed by atoms with van der Waals surface area (Å²) in [5.74, 6) is 0.705. The van der Waals surface area contributed by atoms with Crippen LogP contribution in [0.4, 0.5) is 0 Å². The van der Waals surface area contributed by atoms with Crippen molar-refractivity contribution in [3.63, 3.8) is 0 Å². The molecule has 0 spiro atoms. The van der Waals surface area contributed by atoms with Crippen molar-refractivity contribution in [2.24, 2.45) is 5.73 Å². The minimum absolute atomic E-state index is 0.0522. The van der Waals surface area contributed by atoms with Crippen LogP contribution in [-0.2, 0) is 11.3 Å². The maximum atomic E-state index is 11.9. The van der Waals surface area contributed by atoms with E-state index in [2.05, 4.69) is 15.3 Å². The molecular formula is C11H18N4O. The maximum Gasteiger partial charge on any atom is 0.240 e. The number of H-pyrrole nitrogens is 1. The Morgan fingerprint density at radius 1 is 1.50 bits per heavy atom. The van der Waals surface area contributed by atoms with Crippen LogP contribution >= 0.6 is 0 Å². The molecule has 1 aromatic heterocycles. The number of carbonyl (C=O) groups excluding carboxylic acids is 1. The van der Waals surface area contributed by atoms with Crippen molar-refractivity contribution in [3.8, 4) is 0 Å². The Morgan fingerprint density at radius 2 is 2.25 bits per heavy atom. The second kappa shape index (κ2) is 4.65. The molecule has 16 heavy (non-hydrogen) atoms. The number of aromatic nitrogens is 2. The van der Waals surface area contributed by atoms with Crippen molar-refractivity contribution in [1.82, 2.24) is 15.3 Å². The molecule has 1 fully saturated rings. The molecule has 5 heteroatoms. The molecule has 0 saturated heterocycles. The van der Waals surface area contributed by atoms with Crippen molar-refractivity contribution < 1.29 is 4.79 Å². The molecule has 1 aliphatic rings. The van der Waals surface area contributed by atoms with E-state index >= 15 is 0 Å². The van der Waals surface area contributed by atoms with Crippen molar-refractivity contribution in [3.05, 3.63) is 18.2 Å².